The second kappa shape index (κ2) is 7.54. The van der Waals surface area contributed by atoms with Crippen LogP contribution in [0.5, 0.6) is 5.75 Å². The summed E-state index contributed by atoms with van der Waals surface area (Å²) in [5.74, 6) is -0.189. The van der Waals surface area contributed by atoms with Crippen molar-refractivity contribution >= 4 is 35.5 Å². The summed E-state index contributed by atoms with van der Waals surface area (Å²) in [7, 11) is 0. The highest BCUT2D eigenvalue weighted by molar-refractivity contribution is 6.30. The summed E-state index contributed by atoms with van der Waals surface area (Å²) in [4.78, 5) is 28.2. The first kappa shape index (κ1) is 17.8. The fraction of sp³-hybridized carbons (Fsp3) is 0. The molecule has 0 amide bonds. The zero-order valence-corrected chi connectivity index (χ0v) is 15.1. The van der Waals surface area contributed by atoms with Gasteiger partial charge >= 0.3 is 11.9 Å². The zero-order chi connectivity index (χ0) is 19.5. The van der Waals surface area contributed by atoms with E-state index in [0.717, 1.165) is 0 Å². The summed E-state index contributed by atoms with van der Waals surface area (Å²) < 4.78 is 15.6. The molecule has 4 rings (SSSR count). The number of rotatable bonds is 4. The van der Waals surface area contributed by atoms with E-state index in [-0.39, 0.29) is 11.6 Å². The molecule has 0 bridgehead atoms. The van der Waals surface area contributed by atoms with E-state index in [2.05, 4.69) is 4.99 Å². The van der Waals surface area contributed by atoms with Crippen molar-refractivity contribution in [3.05, 3.63) is 94.5 Å². The molecule has 0 radical (unpaired) electrons. The Kier molecular flexibility index (Phi) is 4.78. The summed E-state index contributed by atoms with van der Waals surface area (Å²) in [5, 5.41) is 0.539. The Balaban J connectivity index is 1.47. The maximum absolute atomic E-state index is 12.1. The number of aliphatic imine (C=N–C) groups is 1. The molecule has 2 heterocycles. The van der Waals surface area contributed by atoms with Gasteiger partial charge in [0.1, 0.15) is 5.75 Å². The summed E-state index contributed by atoms with van der Waals surface area (Å²) in [6.45, 7) is 0. The van der Waals surface area contributed by atoms with Crippen molar-refractivity contribution in [1.82, 2.24) is 0 Å². The van der Waals surface area contributed by atoms with Crippen molar-refractivity contribution in [2.24, 2.45) is 4.99 Å². The number of cyclic esters (lactones) is 1. The lowest BCUT2D eigenvalue weighted by atomic mass is 10.2. The van der Waals surface area contributed by atoms with Crippen LogP contribution in [0.15, 0.2) is 82.0 Å². The highest BCUT2D eigenvalue weighted by Gasteiger charge is 2.25. The van der Waals surface area contributed by atoms with E-state index in [1.54, 1.807) is 66.7 Å². The SMILES string of the molecule is O=C1OC(c2ccco2)=N/C1=C\c1ccc(OC(=O)c2ccc(Cl)cc2)cc1. The van der Waals surface area contributed by atoms with E-state index in [1.807, 2.05) is 0 Å². The lowest BCUT2D eigenvalue weighted by molar-refractivity contribution is -0.130. The van der Waals surface area contributed by atoms with Crippen LogP contribution in [0, 0.1) is 0 Å². The van der Waals surface area contributed by atoms with Crippen LogP contribution in [0.25, 0.3) is 6.08 Å². The van der Waals surface area contributed by atoms with E-state index < -0.39 is 11.9 Å². The Morgan fingerprint density at radius 2 is 1.79 bits per heavy atom. The quantitative estimate of drug-likeness (QED) is 0.370. The Bertz CT molecular complexity index is 1080. The van der Waals surface area contributed by atoms with Crippen LogP contribution >= 0.6 is 11.6 Å². The van der Waals surface area contributed by atoms with Crippen LogP contribution in [0.3, 0.4) is 0 Å². The van der Waals surface area contributed by atoms with Gasteiger partial charge in [0.05, 0.1) is 11.8 Å². The standard InChI is InChI=1S/C21H12ClNO5/c22-15-7-5-14(6-8-15)20(24)27-16-9-3-13(4-10-16)12-17-21(25)28-19(23-17)18-2-1-11-26-18/h1-12H/b17-12-. The van der Waals surface area contributed by atoms with Crippen LogP contribution in [0.2, 0.25) is 5.02 Å². The smallest absolute Gasteiger partial charge is 0.363 e. The fourth-order valence-electron chi connectivity index (χ4n) is 2.46. The van der Waals surface area contributed by atoms with E-state index >= 15 is 0 Å². The number of hydrogen-bond acceptors (Lipinski definition) is 6. The molecule has 0 N–H and O–H groups in total. The third-order valence-electron chi connectivity index (χ3n) is 3.83. The Morgan fingerprint density at radius 1 is 1.04 bits per heavy atom. The molecule has 0 saturated carbocycles. The molecular weight excluding hydrogens is 382 g/mol. The number of carbonyl (C=O) groups excluding carboxylic acids is 2. The number of nitrogens with zero attached hydrogens (tertiary/aromatic N) is 1. The van der Waals surface area contributed by atoms with Gasteiger partial charge in [-0.15, -0.1) is 0 Å². The van der Waals surface area contributed by atoms with Crippen molar-refractivity contribution < 1.29 is 23.5 Å². The topological polar surface area (TPSA) is 78.1 Å². The van der Waals surface area contributed by atoms with E-state index in [4.69, 9.17) is 25.5 Å². The number of halogens is 1. The van der Waals surface area contributed by atoms with Gasteiger partial charge in [-0.25, -0.2) is 14.6 Å². The number of ether oxygens (including phenoxy) is 2. The van der Waals surface area contributed by atoms with Crippen molar-refractivity contribution in [3.63, 3.8) is 0 Å². The van der Waals surface area contributed by atoms with E-state index in [1.165, 1.54) is 6.26 Å². The maximum Gasteiger partial charge on any atom is 0.363 e. The molecule has 0 fully saturated rings. The normalized spacial score (nSPS) is 14.7. The van der Waals surface area contributed by atoms with Crippen molar-refractivity contribution in [2.45, 2.75) is 0 Å². The molecule has 1 aliphatic heterocycles. The van der Waals surface area contributed by atoms with Gasteiger partial charge in [0, 0.05) is 5.02 Å². The fourth-order valence-corrected chi connectivity index (χ4v) is 2.58. The highest BCUT2D eigenvalue weighted by atomic mass is 35.5. The Hall–Kier alpha value is -3.64. The molecule has 28 heavy (non-hydrogen) atoms. The van der Waals surface area contributed by atoms with Crippen LogP contribution in [0.4, 0.5) is 0 Å². The maximum atomic E-state index is 12.1. The Morgan fingerprint density at radius 3 is 2.46 bits per heavy atom. The summed E-state index contributed by atoms with van der Waals surface area (Å²) in [6, 6.07) is 16.4. The van der Waals surface area contributed by atoms with Crippen LogP contribution in [-0.4, -0.2) is 17.8 Å². The Labute approximate surface area is 164 Å². The van der Waals surface area contributed by atoms with Crippen LogP contribution in [0.1, 0.15) is 21.7 Å². The van der Waals surface area contributed by atoms with E-state index in [9.17, 15) is 9.59 Å². The molecule has 0 spiro atoms. The zero-order valence-electron chi connectivity index (χ0n) is 14.3. The van der Waals surface area contributed by atoms with Gasteiger partial charge in [0.2, 0.25) is 0 Å². The monoisotopic (exact) mass is 393 g/mol. The van der Waals surface area contributed by atoms with Gasteiger partial charge in [-0.05, 0) is 60.2 Å². The van der Waals surface area contributed by atoms with Crippen LogP contribution < -0.4 is 4.74 Å². The minimum atomic E-state index is -0.565. The molecular formula is C21H12ClNO5. The van der Waals surface area contributed by atoms with Gasteiger partial charge in [-0.1, -0.05) is 23.7 Å². The predicted molar refractivity (Wildman–Crippen MR) is 102 cm³/mol. The lowest BCUT2D eigenvalue weighted by Crippen LogP contribution is -2.08. The summed E-state index contributed by atoms with van der Waals surface area (Å²) in [5.41, 5.74) is 1.24. The minimum Gasteiger partial charge on any atom is -0.459 e. The number of benzene rings is 2. The van der Waals surface area contributed by atoms with Gasteiger partial charge in [0.25, 0.3) is 5.90 Å². The molecule has 3 aromatic rings. The van der Waals surface area contributed by atoms with Gasteiger partial charge in [-0.2, -0.15) is 0 Å². The molecule has 0 saturated heterocycles. The lowest BCUT2D eigenvalue weighted by Gasteiger charge is -2.05. The number of furan rings is 1. The molecule has 1 aromatic heterocycles. The first-order valence-corrected chi connectivity index (χ1v) is 8.60. The molecule has 0 atom stereocenters. The molecule has 0 aliphatic carbocycles. The predicted octanol–water partition coefficient (Wildman–Crippen LogP) is 4.50. The highest BCUT2D eigenvalue weighted by Crippen LogP contribution is 2.21. The third-order valence-corrected chi connectivity index (χ3v) is 4.08. The van der Waals surface area contributed by atoms with Crippen molar-refractivity contribution in [1.29, 1.82) is 0 Å². The first-order chi connectivity index (χ1) is 13.6. The van der Waals surface area contributed by atoms with Gasteiger partial charge in [-0.3, -0.25) is 0 Å². The van der Waals surface area contributed by atoms with E-state index in [0.29, 0.717) is 27.7 Å². The molecule has 1 aliphatic rings. The van der Waals surface area contributed by atoms with Crippen LogP contribution in [-0.2, 0) is 9.53 Å². The molecule has 0 unspecified atom stereocenters. The van der Waals surface area contributed by atoms with Crippen molar-refractivity contribution in [3.8, 4) is 5.75 Å². The second-order valence-electron chi connectivity index (χ2n) is 5.78. The molecule has 2 aromatic carbocycles. The first-order valence-electron chi connectivity index (χ1n) is 8.23. The second-order valence-corrected chi connectivity index (χ2v) is 6.22. The third kappa shape index (κ3) is 3.87. The van der Waals surface area contributed by atoms with Gasteiger partial charge in [0.15, 0.2) is 11.5 Å². The summed E-state index contributed by atoms with van der Waals surface area (Å²) in [6.07, 6.45) is 3.04. The average molecular weight is 394 g/mol. The number of hydrogen-bond donors (Lipinski definition) is 0. The number of esters is 2. The molecule has 138 valence electrons. The molecule has 7 heteroatoms. The number of carbonyl (C=O) groups is 2. The average Bonchev–Trinajstić information content (AvgIpc) is 3.34. The van der Waals surface area contributed by atoms with Gasteiger partial charge < -0.3 is 13.9 Å². The largest absolute Gasteiger partial charge is 0.459 e. The minimum absolute atomic E-state index is 0.120. The molecule has 6 nitrogen and oxygen atoms in total. The van der Waals surface area contributed by atoms with Crippen molar-refractivity contribution in [2.75, 3.05) is 0 Å². The summed E-state index contributed by atoms with van der Waals surface area (Å²) >= 11 is 5.81.